The Hall–Kier alpha value is -2.87. The Morgan fingerprint density at radius 2 is 2.09 bits per heavy atom. The Morgan fingerprint density at radius 3 is 2.78 bits per heavy atom. The van der Waals surface area contributed by atoms with E-state index in [0.29, 0.717) is 18.3 Å². The molecular weight excluding hydrogens is 312 g/mol. The zero-order valence-electron chi connectivity index (χ0n) is 12.2. The van der Waals surface area contributed by atoms with E-state index in [2.05, 4.69) is 25.4 Å². The van der Waals surface area contributed by atoms with E-state index < -0.39 is 0 Å². The van der Waals surface area contributed by atoms with Gasteiger partial charge in [-0.2, -0.15) is 4.98 Å². The Balaban J connectivity index is 1.51. The summed E-state index contributed by atoms with van der Waals surface area (Å²) in [5.41, 5.74) is 2.83. The fraction of sp³-hybridized carbons (Fsp3) is 0.133. The number of benzene rings is 1. The van der Waals surface area contributed by atoms with Gasteiger partial charge in [0.05, 0.1) is 12.7 Å². The fourth-order valence-electron chi connectivity index (χ4n) is 2.19. The van der Waals surface area contributed by atoms with E-state index >= 15 is 0 Å². The first-order chi connectivity index (χ1) is 11.3. The smallest absolute Gasteiger partial charge is 0.223 e. The molecule has 3 aromatic heterocycles. The second kappa shape index (κ2) is 5.73. The van der Waals surface area contributed by atoms with Crippen LogP contribution in [0.3, 0.4) is 0 Å². The first-order valence-electron chi connectivity index (χ1n) is 6.97. The molecule has 0 aliphatic carbocycles. The van der Waals surface area contributed by atoms with Crippen molar-refractivity contribution in [3.05, 3.63) is 53.5 Å². The molecule has 7 nitrogen and oxygen atoms in total. The Morgan fingerprint density at radius 1 is 1.22 bits per heavy atom. The summed E-state index contributed by atoms with van der Waals surface area (Å²) in [6.45, 7) is 2.42. The van der Waals surface area contributed by atoms with Gasteiger partial charge in [-0.15, -0.1) is 16.4 Å². The molecule has 4 aromatic rings. The van der Waals surface area contributed by atoms with Crippen LogP contribution in [-0.2, 0) is 6.54 Å². The molecular formula is C15H12N6OS. The molecule has 4 rings (SSSR count). The van der Waals surface area contributed by atoms with Gasteiger partial charge in [-0.1, -0.05) is 34.6 Å². The highest BCUT2D eigenvalue weighted by Crippen LogP contribution is 2.19. The predicted octanol–water partition coefficient (Wildman–Crippen LogP) is 2.81. The molecule has 8 heteroatoms. The van der Waals surface area contributed by atoms with E-state index in [9.17, 15) is 0 Å². The molecule has 114 valence electrons. The van der Waals surface area contributed by atoms with Crippen molar-refractivity contribution in [2.24, 2.45) is 0 Å². The van der Waals surface area contributed by atoms with E-state index in [1.165, 1.54) is 0 Å². The second-order valence-electron chi connectivity index (χ2n) is 4.97. The molecule has 0 radical (unpaired) electrons. The van der Waals surface area contributed by atoms with Crippen LogP contribution >= 0.6 is 11.3 Å². The van der Waals surface area contributed by atoms with Gasteiger partial charge in [-0.05, 0) is 5.56 Å². The van der Waals surface area contributed by atoms with Gasteiger partial charge in [0.15, 0.2) is 0 Å². The molecule has 0 amide bonds. The first-order valence-corrected chi connectivity index (χ1v) is 7.85. The molecule has 0 saturated heterocycles. The summed E-state index contributed by atoms with van der Waals surface area (Å²) >= 11 is 1.55. The lowest BCUT2D eigenvalue weighted by Gasteiger charge is -2.01. The van der Waals surface area contributed by atoms with E-state index in [1.54, 1.807) is 29.1 Å². The monoisotopic (exact) mass is 324 g/mol. The Kier molecular flexibility index (Phi) is 3.43. The zero-order valence-corrected chi connectivity index (χ0v) is 13.1. The number of nitrogens with zero attached hydrogens (tertiary/aromatic N) is 6. The molecule has 0 N–H and O–H groups in total. The van der Waals surface area contributed by atoms with Gasteiger partial charge in [0.1, 0.15) is 10.7 Å². The van der Waals surface area contributed by atoms with Gasteiger partial charge in [-0.3, -0.25) is 0 Å². The van der Waals surface area contributed by atoms with E-state index in [4.69, 9.17) is 4.52 Å². The second-order valence-corrected chi connectivity index (χ2v) is 5.87. The number of aryl methyl sites for hydroxylation is 1. The highest BCUT2D eigenvalue weighted by molar-refractivity contribution is 7.13. The quantitative estimate of drug-likeness (QED) is 0.574. The average Bonchev–Trinajstić information content (AvgIpc) is 3.28. The molecule has 0 atom stereocenters. The number of aromatic nitrogens is 6. The molecule has 3 heterocycles. The van der Waals surface area contributed by atoms with Crippen molar-refractivity contribution in [2.75, 3.05) is 0 Å². The van der Waals surface area contributed by atoms with Crippen molar-refractivity contribution in [2.45, 2.75) is 13.5 Å². The summed E-state index contributed by atoms with van der Waals surface area (Å²) in [5, 5.41) is 15.0. The molecule has 0 aliphatic heterocycles. The lowest BCUT2D eigenvalue weighted by atomic mass is 10.1. The van der Waals surface area contributed by atoms with Gasteiger partial charge in [0, 0.05) is 24.1 Å². The first kappa shape index (κ1) is 13.8. The summed E-state index contributed by atoms with van der Waals surface area (Å²) in [6.07, 6.45) is 3.66. The van der Waals surface area contributed by atoms with Crippen molar-refractivity contribution in [3.8, 4) is 22.1 Å². The molecule has 23 heavy (non-hydrogen) atoms. The van der Waals surface area contributed by atoms with Gasteiger partial charge in [0.25, 0.3) is 0 Å². The standard InChI is InChI=1S/C15H12N6OS/c1-10-17-14(19-22-10)12-4-2-11(3-5-12)8-21-9-13(18-20-21)15-16-6-7-23-15/h2-7,9H,8H2,1H3. The maximum Gasteiger partial charge on any atom is 0.223 e. The third-order valence-electron chi connectivity index (χ3n) is 3.27. The average molecular weight is 324 g/mol. The number of rotatable bonds is 4. The third kappa shape index (κ3) is 2.88. The van der Waals surface area contributed by atoms with Crippen molar-refractivity contribution < 1.29 is 4.52 Å². The zero-order chi connectivity index (χ0) is 15.6. The normalized spacial score (nSPS) is 11.0. The predicted molar refractivity (Wildman–Crippen MR) is 84.7 cm³/mol. The van der Waals surface area contributed by atoms with Crippen molar-refractivity contribution >= 4 is 11.3 Å². The van der Waals surface area contributed by atoms with Gasteiger partial charge in [0.2, 0.25) is 11.7 Å². The Bertz CT molecular complexity index is 910. The molecule has 1 aromatic carbocycles. The molecule has 0 unspecified atom stereocenters. The maximum absolute atomic E-state index is 4.99. The van der Waals surface area contributed by atoms with Crippen LogP contribution in [0.2, 0.25) is 0 Å². The van der Waals surface area contributed by atoms with Crippen LogP contribution < -0.4 is 0 Å². The van der Waals surface area contributed by atoms with Crippen LogP contribution in [0.5, 0.6) is 0 Å². The highest BCUT2D eigenvalue weighted by atomic mass is 32.1. The summed E-state index contributed by atoms with van der Waals surface area (Å²) < 4.78 is 6.79. The Labute approximate surface area is 135 Å². The highest BCUT2D eigenvalue weighted by Gasteiger charge is 2.08. The summed E-state index contributed by atoms with van der Waals surface area (Å²) in [5.74, 6) is 1.15. The molecule has 0 fully saturated rings. The molecule has 0 aliphatic rings. The molecule has 0 spiro atoms. The van der Waals surface area contributed by atoms with Crippen LogP contribution in [0.4, 0.5) is 0 Å². The molecule has 0 bridgehead atoms. The van der Waals surface area contributed by atoms with Crippen LogP contribution in [0.25, 0.3) is 22.1 Å². The minimum absolute atomic E-state index is 0.557. The van der Waals surface area contributed by atoms with E-state index in [0.717, 1.165) is 21.8 Å². The van der Waals surface area contributed by atoms with Crippen LogP contribution in [-0.4, -0.2) is 30.1 Å². The number of thiazole rings is 1. The summed E-state index contributed by atoms with van der Waals surface area (Å²) in [4.78, 5) is 8.45. The summed E-state index contributed by atoms with van der Waals surface area (Å²) in [7, 11) is 0. The number of hydrogen-bond acceptors (Lipinski definition) is 7. The van der Waals surface area contributed by atoms with Crippen LogP contribution in [0, 0.1) is 6.92 Å². The topological polar surface area (TPSA) is 82.5 Å². The van der Waals surface area contributed by atoms with Crippen molar-refractivity contribution in [1.82, 2.24) is 30.1 Å². The summed E-state index contributed by atoms with van der Waals surface area (Å²) in [6, 6.07) is 7.98. The lowest BCUT2D eigenvalue weighted by Crippen LogP contribution is -2.00. The maximum atomic E-state index is 4.99. The third-order valence-corrected chi connectivity index (χ3v) is 4.07. The largest absolute Gasteiger partial charge is 0.339 e. The van der Waals surface area contributed by atoms with Crippen LogP contribution in [0.15, 0.2) is 46.6 Å². The fourth-order valence-corrected chi connectivity index (χ4v) is 2.77. The van der Waals surface area contributed by atoms with Gasteiger partial charge < -0.3 is 4.52 Å². The minimum atomic E-state index is 0.557. The lowest BCUT2D eigenvalue weighted by molar-refractivity contribution is 0.394. The van der Waals surface area contributed by atoms with Gasteiger partial charge >= 0.3 is 0 Å². The van der Waals surface area contributed by atoms with E-state index in [-0.39, 0.29) is 0 Å². The van der Waals surface area contributed by atoms with E-state index in [1.807, 2.05) is 35.8 Å². The minimum Gasteiger partial charge on any atom is -0.339 e. The van der Waals surface area contributed by atoms with Gasteiger partial charge in [-0.25, -0.2) is 9.67 Å². The van der Waals surface area contributed by atoms with Crippen molar-refractivity contribution in [3.63, 3.8) is 0 Å². The van der Waals surface area contributed by atoms with Crippen LogP contribution in [0.1, 0.15) is 11.5 Å². The number of hydrogen-bond donors (Lipinski definition) is 0. The molecule has 0 saturated carbocycles. The SMILES string of the molecule is Cc1nc(-c2ccc(Cn3cc(-c4nccs4)nn3)cc2)no1. The van der Waals surface area contributed by atoms with Crippen molar-refractivity contribution in [1.29, 1.82) is 0 Å².